The summed E-state index contributed by atoms with van der Waals surface area (Å²) in [6, 6.07) is 13.5. The van der Waals surface area contributed by atoms with Crippen LogP contribution in [0.5, 0.6) is 0 Å². The molecule has 10 rings (SSSR count). The number of nitrogens with one attached hydrogen (secondary N) is 3. The smallest absolute Gasteiger partial charge is 0.254 e. The van der Waals surface area contributed by atoms with Crippen molar-refractivity contribution in [2.45, 2.75) is 168 Å². The molecule has 106 heavy (non-hydrogen) atoms. The van der Waals surface area contributed by atoms with Gasteiger partial charge in [-0.2, -0.15) is 35.7 Å². The Bertz CT molecular complexity index is 3890. The Morgan fingerprint density at radius 1 is 0.453 bits per heavy atom. The molecule has 7 aromatic heterocycles. The first-order valence-electron chi connectivity index (χ1n) is 35.1. The summed E-state index contributed by atoms with van der Waals surface area (Å²) in [5.74, 6) is -2.98. The minimum Gasteiger partial charge on any atom is -0.394 e. The Balaban J connectivity index is 0.000000600. The molecule has 28 heteroatoms. The number of alkyl halides is 1. The Kier molecular flexibility index (Phi) is 46.8. The molecule has 24 nitrogen and oxygen atoms in total. The van der Waals surface area contributed by atoms with Crippen molar-refractivity contribution in [1.82, 2.24) is 89.3 Å². The molecule has 0 unspecified atom stereocenters. The highest BCUT2D eigenvalue weighted by atomic mass is 19.1. The van der Waals surface area contributed by atoms with Crippen LogP contribution < -0.4 is 10.6 Å². The third-order valence-corrected chi connectivity index (χ3v) is 14.0. The number of aromatic nitrogens is 14. The zero-order chi connectivity index (χ0) is 79.7. The van der Waals surface area contributed by atoms with Crippen LogP contribution in [0.3, 0.4) is 0 Å². The van der Waals surface area contributed by atoms with E-state index in [-0.39, 0.29) is 66.4 Å². The average Bonchev–Trinajstić information content (AvgIpc) is 1.72. The number of nitrogens with zero attached hydrogens (tertiary/aromatic N) is 15. The molecule has 0 saturated carbocycles. The van der Waals surface area contributed by atoms with Crippen LogP contribution >= 0.6 is 0 Å². The average molecular weight is 1480 g/mol. The van der Waals surface area contributed by atoms with E-state index in [9.17, 15) is 41.5 Å². The molecule has 0 bridgehead atoms. The van der Waals surface area contributed by atoms with E-state index in [2.05, 4.69) is 98.4 Å². The molecule has 0 fully saturated rings. The Labute approximate surface area is 623 Å². The van der Waals surface area contributed by atoms with Crippen molar-refractivity contribution >= 4 is 29.4 Å². The molecular weight excluding hydrogens is 1360 g/mol. The number of likely N-dealkylation sites (N-methyl/N-ethyl adjacent to an activating group) is 1. The van der Waals surface area contributed by atoms with Crippen LogP contribution in [0.2, 0.25) is 0 Å². The summed E-state index contributed by atoms with van der Waals surface area (Å²) in [6.45, 7) is 31.9. The minimum absolute atomic E-state index is 0.0211. The quantitative estimate of drug-likeness (QED) is 0.0409. The highest BCUT2D eigenvalue weighted by molar-refractivity contribution is 5.97. The maximum atomic E-state index is 13.5. The number of H-pyrrole nitrogens is 1. The Hall–Kier alpha value is -10.6. The topological polar surface area (TPSA) is 272 Å². The fraction of sp³-hybridized carbons (Fsp3) is 0.436. The summed E-state index contributed by atoms with van der Waals surface area (Å²) in [6.07, 6.45) is 30.5. The van der Waals surface area contributed by atoms with E-state index in [1.54, 1.807) is 99.8 Å². The summed E-state index contributed by atoms with van der Waals surface area (Å²) in [5, 5.41) is 43.9. The fourth-order valence-electron chi connectivity index (χ4n) is 8.46. The largest absolute Gasteiger partial charge is 0.394 e. The molecule has 0 atom stereocenters. The molecule has 580 valence electrons. The zero-order valence-corrected chi connectivity index (χ0v) is 65.6. The predicted octanol–water partition coefficient (Wildman–Crippen LogP) is 13.0. The molecule has 7 heterocycles. The van der Waals surface area contributed by atoms with E-state index in [1.807, 2.05) is 118 Å². The van der Waals surface area contributed by atoms with Crippen LogP contribution in [-0.4, -0.2) is 168 Å². The van der Waals surface area contributed by atoms with Gasteiger partial charge in [-0.1, -0.05) is 39.0 Å². The van der Waals surface area contributed by atoms with Gasteiger partial charge in [0.05, 0.1) is 86.3 Å². The van der Waals surface area contributed by atoms with Crippen LogP contribution in [0.4, 0.5) is 17.6 Å². The van der Waals surface area contributed by atoms with Crippen LogP contribution in [0.1, 0.15) is 153 Å². The van der Waals surface area contributed by atoms with Crippen LogP contribution in [0, 0.1) is 86.7 Å². The second-order valence-corrected chi connectivity index (χ2v) is 25.1. The number of hydrogen-bond acceptors (Lipinski definition) is 13. The minimum atomic E-state index is -0.585. The highest BCUT2D eigenvalue weighted by Crippen LogP contribution is 2.15. The third kappa shape index (κ3) is 41.6. The van der Waals surface area contributed by atoms with E-state index in [0.29, 0.717) is 32.5 Å². The first-order chi connectivity index (χ1) is 50.3. The van der Waals surface area contributed by atoms with Gasteiger partial charge in [-0.3, -0.25) is 57.2 Å². The summed E-state index contributed by atoms with van der Waals surface area (Å²) in [4.78, 5) is 60.1. The molecular formula is C78H114F4N18O6. The van der Waals surface area contributed by atoms with Crippen molar-refractivity contribution in [2.24, 2.45) is 7.05 Å². The number of carbonyl (C=O) groups is 5. The van der Waals surface area contributed by atoms with E-state index in [4.69, 9.17) is 5.11 Å². The van der Waals surface area contributed by atoms with Gasteiger partial charge < -0.3 is 25.5 Å². The molecule has 0 radical (unpaired) electrons. The number of benzene rings is 3. The fourth-order valence-corrected chi connectivity index (χ4v) is 8.46. The number of amides is 4. The van der Waals surface area contributed by atoms with E-state index in [0.717, 1.165) is 66.7 Å². The van der Waals surface area contributed by atoms with E-state index < -0.39 is 23.4 Å². The van der Waals surface area contributed by atoms with Gasteiger partial charge in [0, 0.05) is 118 Å². The molecule has 0 spiro atoms. The summed E-state index contributed by atoms with van der Waals surface area (Å²) in [7, 11) is 8.42. The normalized spacial score (nSPS) is 9.89. The summed E-state index contributed by atoms with van der Waals surface area (Å²) >= 11 is 0. The van der Waals surface area contributed by atoms with Gasteiger partial charge in [-0.05, 0) is 194 Å². The number of aliphatic hydroxyl groups is 1. The van der Waals surface area contributed by atoms with Crippen molar-refractivity contribution in [1.29, 1.82) is 0 Å². The number of rotatable bonds is 20. The lowest BCUT2D eigenvalue weighted by atomic mass is 10.0. The summed E-state index contributed by atoms with van der Waals surface area (Å²) < 4.78 is 62.8. The molecule has 0 aliphatic rings. The predicted molar refractivity (Wildman–Crippen MR) is 409 cm³/mol. The molecule has 4 N–H and O–H groups in total. The van der Waals surface area contributed by atoms with Crippen molar-refractivity contribution in [3.8, 4) is 0 Å². The van der Waals surface area contributed by atoms with Gasteiger partial charge in [-0.15, -0.1) is 0 Å². The van der Waals surface area contributed by atoms with Crippen LogP contribution in [0.15, 0.2) is 141 Å². The Morgan fingerprint density at radius 3 is 1.12 bits per heavy atom. The maximum Gasteiger partial charge on any atom is 0.254 e. The van der Waals surface area contributed by atoms with Gasteiger partial charge in [0.1, 0.15) is 24.1 Å². The van der Waals surface area contributed by atoms with Crippen LogP contribution in [-0.2, 0) is 49.4 Å². The van der Waals surface area contributed by atoms with Crippen LogP contribution in [0.25, 0.3) is 0 Å². The Morgan fingerprint density at radius 2 is 0.840 bits per heavy atom. The molecule has 0 saturated heterocycles. The lowest BCUT2D eigenvalue weighted by Crippen LogP contribution is -2.36. The maximum absolute atomic E-state index is 13.5. The SMILES string of the molecule is CCCNC(=O)c1ccc(C)cc1F.CCCn1cc(C)cn1.CCCn1cc(C)cn1.CCn1cc(C)cn1.Cc1ccc(C(=O)CCCC(=O)N(C)C)c(F)c1.Cc1ccc(C(=O)NCC(=O)N(C)C)c(F)c1.Cc1cn[nH]c1.Cc1cnn(C)c1.Cc1cnn(CCF)c1.Cc1cnn(CCO)c1. The van der Waals surface area contributed by atoms with E-state index in [1.165, 1.54) is 74.0 Å². The molecule has 3 aromatic carbocycles. The molecule has 10 aromatic rings. The van der Waals surface area contributed by atoms with Gasteiger partial charge in [0.2, 0.25) is 11.8 Å². The van der Waals surface area contributed by atoms with Crippen molar-refractivity contribution in [3.63, 3.8) is 0 Å². The van der Waals surface area contributed by atoms with Gasteiger partial charge in [0.15, 0.2) is 5.78 Å². The van der Waals surface area contributed by atoms with Gasteiger partial charge in [0.25, 0.3) is 11.8 Å². The standard InChI is InChI=1S/C14H18FNO2.C12H15FN2O2.C11H14FNO.2C7H12N2.C6H9FN2.C6H10N2O.C6H10N2.C5H8N2.C4H6N2/c1-10-7-8-11(12(15)9-10)13(17)5-4-6-14(18)16(2)3;1-8-4-5-9(10(13)6-8)12(17)14-7-11(16)15(2)3;1-3-6-13-11(14)9-5-4-8(2)7-10(9)12;2*1-3-4-9-6-7(2)5-8-9;1-6-4-8-9(5-6)3-2-7;1-6-4-7-8(5-6)2-3-9;1-3-8-5-6(2)4-7-8;1-5-3-6-7(2)4-5;1-4-2-5-6-3-4/h7-9H,4-6H2,1-3H3;4-6H,7H2,1-3H3,(H,14,17);4-5,7H,3,6H2,1-2H3,(H,13,14);2*5-6H,3-4H2,1-2H3;4-5H,2-3H2,1H3;4-5,9H,2-3H2,1H3;4-5H,3H2,1-2H3;3-4H,1-2H3;2-3H,1H3,(H,5,6). The highest BCUT2D eigenvalue weighted by Gasteiger charge is 2.15. The van der Waals surface area contributed by atoms with Gasteiger partial charge >= 0.3 is 0 Å². The number of aryl methyl sites for hydroxylation is 15. The lowest BCUT2D eigenvalue weighted by Gasteiger charge is -2.11. The second kappa shape index (κ2) is 53.2. The summed E-state index contributed by atoms with van der Waals surface area (Å²) in [5.41, 5.74) is 10.8. The first kappa shape index (κ1) is 93.4. The van der Waals surface area contributed by atoms with Crippen molar-refractivity contribution in [3.05, 3.63) is 231 Å². The molecule has 4 amide bonds. The number of carbonyl (C=O) groups excluding carboxylic acids is 5. The lowest BCUT2D eigenvalue weighted by molar-refractivity contribution is -0.129. The number of aliphatic hydroxyl groups excluding tert-OH is 1. The zero-order valence-electron chi connectivity index (χ0n) is 65.6. The first-order valence-corrected chi connectivity index (χ1v) is 35.1. The number of halogens is 4. The molecule has 0 aliphatic heterocycles. The second-order valence-electron chi connectivity index (χ2n) is 25.1. The monoisotopic (exact) mass is 1470 g/mol. The van der Waals surface area contributed by atoms with E-state index >= 15 is 0 Å². The van der Waals surface area contributed by atoms with Gasteiger partial charge in [-0.25, -0.2) is 17.6 Å². The number of aromatic amines is 1. The molecule has 0 aliphatic carbocycles. The number of Topliss-reactive ketones (excluding diaryl/α,β-unsaturated/α-hetero) is 1. The number of hydrogen-bond donors (Lipinski definition) is 4. The third-order valence-electron chi connectivity index (χ3n) is 14.0. The van der Waals surface area contributed by atoms with Crippen molar-refractivity contribution < 1.29 is 46.6 Å². The number of ketones is 1. The van der Waals surface area contributed by atoms with Crippen molar-refractivity contribution in [2.75, 3.05) is 54.6 Å².